The minimum Gasteiger partial charge on any atom is -0.496 e. The lowest BCUT2D eigenvalue weighted by molar-refractivity contribution is 0.239. The number of aryl methyl sites for hydroxylation is 2. The number of aromatic amines is 1. The molecule has 0 spiro atoms. The molecule has 1 aromatic carbocycles. The molecule has 5 heteroatoms. The van der Waals surface area contributed by atoms with Gasteiger partial charge in [-0.2, -0.15) is 0 Å². The van der Waals surface area contributed by atoms with Crippen molar-refractivity contribution >= 4 is 0 Å². The molecule has 0 atom stereocenters. The van der Waals surface area contributed by atoms with E-state index in [1.165, 1.54) is 24.0 Å². The number of benzene rings is 1. The Morgan fingerprint density at radius 3 is 2.81 bits per heavy atom. The van der Waals surface area contributed by atoms with Crippen LogP contribution in [0.2, 0.25) is 0 Å². The van der Waals surface area contributed by atoms with Crippen LogP contribution in [0.4, 0.5) is 0 Å². The van der Waals surface area contributed by atoms with Gasteiger partial charge >= 0.3 is 0 Å². The van der Waals surface area contributed by atoms with Crippen LogP contribution < -0.4 is 10.3 Å². The van der Waals surface area contributed by atoms with Crippen LogP contribution in [0, 0.1) is 19.8 Å². The summed E-state index contributed by atoms with van der Waals surface area (Å²) < 4.78 is 5.42. The average Bonchev–Trinajstić information content (AvgIpc) is 3.41. The number of H-pyrrole nitrogens is 1. The van der Waals surface area contributed by atoms with Crippen molar-refractivity contribution < 1.29 is 4.74 Å². The summed E-state index contributed by atoms with van der Waals surface area (Å²) in [5.41, 5.74) is 5.64. The number of methoxy groups -OCH3 is 1. The van der Waals surface area contributed by atoms with E-state index in [-0.39, 0.29) is 5.56 Å². The molecule has 5 nitrogen and oxygen atoms in total. The van der Waals surface area contributed by atoms with Crippen molar-refractivity contribution in [2.45, 2.75) is 52.6 Å². The molecule has 2 heterocycles. The first-order chi connectivity index (χ1) is 12.5. The highest BCUT2D eigenvalue weighted by molar-refractivity contribution is 5.41. The maximum absolute atomic E-state index is 12.4. The Labute approximate surface area is 154 Å². The van der Waals surface area contributed by atoms with Gasteiger partial charge in [-0.25, -0.2) is 4.98 Å². The Hall–Kier alpha value is -2.14. The standard InChI is InChI=1S/C21H27N3O2/c1-13-9-19(26-3)14(2)8-16(13)11-24-7-6-17-18(12-24)22-20(23-21(17)25)10-15-4-5-15/h8-9,15H,4-7,10-12H2,1-3H3,(H,22,23,25). The number of hydrogen-bond donors (Lipinski definition) is 1. The topological polar surface area (TPSA) is 58.2 Å². The van der Waals surface area contributed by atoms with Gasteiger partial charge in [-0.1, -0.05) is 6.07 Å². The van der Waals surface area contributed by atoms with E-state index in [4.69, 9.17) is 9.72 Å². The monoisotopic (exact) mass is 353 g/mol. The van der Waals surface area contributed by atoms with Crippen LogP contribution in [0.3, 0.4) is 0 Å². The van der Waals surface area contributed by atoms with Crippen molar-refractivity contribution in [2.75, 3.05) is 13.7 Å². The third-order valence-corrected chi connectivity index (χ3v) is 5.63. The summed E-state index contributed by atoms with van der Waals surface area (Å²) in [6.45, 7) is 6.73. The predicted octanol–water partition coefficient (Wildman–Crippen LogP) is 2.91. The molecule has 1 aliphatic carbocycles. The predicted molar refractivity (Wildman–Crippen MR) is 102 cm³/mol. The number of fused-ring (bicyclic) bond motifs is 1. The zero-order valence-electron chi connectivity index (χ0n) is 15.9. The summed E-state index contributed by atoms with van der Waals surface area (Å²) in [6.07, 6.45) is 4.22. The Morgan fingerprint density at radius 1 is 1.27 bits per heavy atom. The third-order valence-electron chi connectivity index (χ3n) is 5.63. The highest BCUT2D eigenvalue weighted by atomic mass is 16.5. The lowest BCUT2D eigenvalue weighted by Gasteiger charge is -2.28. The second kappa shape index (κ2) is 6.88. The van der Waals surface area contributed by atoms with E-state index in [2.05, 4.69) is 35.9 Å². The van der Waals surface area contributed by atoms with Crippen molar-refractivity contribution in [3.05, 3.63) is 56.3 Å². The van der Waals surface area contributed by atoms with Gasteiger partial charge in [-0.05, 0) is 61.8 Å². The van der Waals surface area contributed by atoms with Gasteiger partial charge in [-0.3, -0.25) is 9.69 Å². The maximum atomic E-state index is 12.4. The van der Waals surface area contributed by atoms with E-state index in [0.29, 0.717) is 0 Å². The smallest absolute Gasteiger partial charge is 0.254 e. The van der Waals surface area contributed by atoms with Crippen molar-refractivity contribution in [3.63, 3.8) is 0 Å². The lowest BCUT2D eigenvalue weighted by Crippen LogP contribution is -2.35. The van der Waals surface area contributed by atoms with Crippen LogP contribution in [0.25, 0.3) is 0 Å². The second-order valence-electron chi connectivity index (χ2n) is 7.79. The molecule has 2 aliphatic rings. The molecule has 26 heavy (non-hydrogen) atoms. The second-order valence-corrected chi connectivity index (χ2v) is 7.79. The molecular weight excluding hydrogens is 326 g/mol. The summed E-state index contributed by atoms with van der Waals surface area (Å²) in [5, 5.41) is 0. The van der Waals surface area contributed by atoms with E-state index < -0.39 is 0 Å². The molecule has 0 radical (unpaired) electrons. The molecule has 1 saturated carbocycles. The Morgan fingerprint density at radius 2 is 2.08 bits per heavy atom. The van der Waals surface area contributed by atoms with Gasteiger partial charge in [0.1, 0.15) is 11.6 Å². The third kappa shape index (κ3) is 3.54. The number of nitrogens with one attached hydrogen (secondary N) is 1. The van der Waals surface area contributed by atoms with E-state index in [0.717, 1.165) is 66.8 Å². The van der Waals surface area contributed by atoms with Crippen LogP contribution in [0.5, 0.6) is 5.75 Å². The first-order valence-electron chi connectivity index (χ1n) is 9.51. The number of nitrogens with zero attached hydrogens (tertiary/aromatic N) is 2. The first-order valence-corrected chi connectivity index (χ1v) is 9.51. The highest BCUT2D eigenvalue weighted by Crippen LogP contribution is 2.31. The first kappa shape index (κ1) is 17.3. The van der Waals surface area contributed by atoms with Crippen LogP contribution in [0.1, 0.15) is 46.6 Å². The van der Waals surface area contributed by atoms with E-state index in [1.807, 2.05) is 0 Å². The van der Waals surface area contributed by atoms with Crippen LogP contribution in [-0.2, 0) is 25.9 Å². The molecule has 0 bridgehead atoms. The fourth-order valence-corrected chi connectivity index (χ4v) is 3.85. The summed E-state index contributed by atoms with van der Waals surface area (Å²) in [5.74, 6) is 2.53. The van der Waals surface area contributed by atoms with Crippen LogP contribution >= 0.6 is 0 Å². The largest absolute Gasteiger partial charge is 0.496 e. The summed E-state index contributed by atoms with van der Waals surface area (Å²) in [6, 6.07) is 4.33. The molecule has 1 fully saturated rings. The van der Waals surface area contributed by atoms with Crippen LogP contribution in [-0.4, -0.2) is 28.5 Å². The molecule has 1 N–H and O–H groups in total. The van der Waals surface area contributed by atoms with Gasteiger partial charge in [0.15, 0.2) is 0 Å². The van der Waals surface area contributed by atoms with Crippen molar-refractivity contribution in [1.29, 1.82) is 0 Å². The summed E-state index contributed by atoms with van der Waals surface area (Å²) in [7, 11) is 1.71. The molecule has 0 unspecified atom stereocenters. The number of hydrogen-bond acceptors (Lipinski definition) is 4. The Bertz CT molecular complexity index is 884. The van der Waals surface area contributed by atoms with E-state index >= 15 is 0 Å². The van der Waals surface area contributed by atoms with Crippen molar-refractivity contribution in [2.24, 2.45) is 5.92 Å². The van der Waals surface area contributed by atoms with Gasteiger partial charge in [0.05, 0.1) is 12.8 Å². The Balaban J connectivity index is 1.53. The maximum Gasteiger partial charge on any atom is 0.254 e. The minimum atomic E-state index is 0.0711. The minimum absolute atomic E-state index is 0.0711. The molecule has 4 rings (SSSR count). The van der Waals surface area contributed by atoms with E-state index in [9.17, 15) is 4.79 Å². The summed E-state index contributed by atoms with van der Waals surface area (Å²) >= 11 is 0. The fourth-order valence-electron chi connectivity index (χ4n) is 3.85. The molecule has 1 aliphatic heterocycles. The van der Waals surface area contributed by atoms with Gasteiger partial charge in [0.25, 0.3) is 5.56 Å². The Kier molecular flexibility index (Phi) is 4.57. The van der Waals surface area contributed by atoms with Gasteiger partial charge < -0.3 is 9.72 Å². The van der Waals surface area contributed by atoms with Crippen LogP contribution in [0.15, 0.2) is 16.9 Å². The number of ether oxygens (including phenoxy) is 1. The SMILES string of the molecule is COc1cc(C)c(CN2CCc3c(nc(CC4CC4)[nH]c3=O)C2)cc1C. The average molecular weight is 353 g/mol. The normalized spacial score (nSPS) is 17.2. The lowest BCUT2D eigenvalue weighted by atomic mass is 10.0. The van der Waals surface area contributed by atoms with Gasteiger partial charge in [0, 0.05) is 31.6 Å². The summed E-state index contributed by atoms with van der Waals surface area (Å²) in [4.78, 5) is 22.6. The van der Waals surface area contributed by atoms with Crippen molar-refractivity contribution in [1.82, 2.24) is 14.9 Å². The molecule has 138 valence electrons. The molecule has 0 amide bonds. The van der Waals surface area contributed by atoms with Gasteiger partial charge in [-0.15, -0.1) is 0 Å². The zero-order valence-corrected chi connectivity index (χ0v) is 15.9. The van der Waals surface area contributed by atoms with Gasteiger partial charge in [0.2, 0.25) is 0 Å². The number of rotatable bonds is 5. The quantitative estimate of drug-likeness (QED) is 0.898. The van der Waals surface area contributed by atoms with Crippen molar-refractivity contribution in [3.8, 4) is 5.75 Å². The molecule has 0 saturated heterocycles. The molecule has 1 aromatic heterocycles. The fraction of sp³-hybridized carbons (Fsp3) is 0.524. The van der Waals surface area contributed by atoms with E-state index in [1.54, 1.807) is 7.11 Å². The zero-order chi connectivity index (χ0) is 18.3. The molecular formula is C21H27N3O2. The number of aromatic nitrogens is 2. The highest BCUT2D eigenvalue weighted by Gasteiger charge is 2.25. The molecule has 2 aromatic rings.